The Morgan fingerprint density at radius 1 is 1.20 bits per heavy atom. The number of ether oxygens (including phenoxy) is 1. The molecule has 0 aliphatic carbocycles. The number of urea groups is 1. The van der Waals surface area contributed by atoms with Gasteiger partial charge in [-0.2, -0.15) is 0 Å². The minimum absolute atomic E-state index is 0.0802. The molecule has 0 aliphatic heterocycles. The molecule has 0 radical (unpaired) electrons. The molecule has 0 fully saturated rings. The third-order valence-electron chi connectivity index (χ3n) is 2.97. The van der Waals surface area contributed by atoms with E-state index in [1.165, 1.54) is 12.3 Å². The molecule has 2 amide bonds. The van der Waals surface area contributed by atoms with Gasteiger partial charge in [0.1, 0.15) is 10.6 Å². The van der Waals surface area contributed by atoms with E-state index in [0.717, 1.165) is 11.8 Å². The van der Waals surface area contributed by atoms with Crippen LogP contribution < -0.4 is 14.8 Å². The van der Waals surface area contributed by atoms with Crippen molar-refractivity contribution in [2.75, 3.05) is 0 Å². The van der Waals surface area contributed by atoms with Crippen LogP contribution in [0, 0.1) is 6.92 Å². The van der Waals surface area contributed by atoms with E-state index in [2.05, 4.69) is 10.3 Å². The van der Waals surface area contributed by atoms with E-state index in [1.807, 2.05) is 17.7 Å². The van der Waals surface area contributed by atoms with Crippen molar-refractivity contribution >= 4 is 16.1 Å². The van der Waals surface area contributed by atoms with E-state index in [9.17, 15) is 13.2 Å². The Balaban J connectivity index is 2.28. The number of benzene rings is 1. The number of hydrogen-bond donors (Lipinski definition) is 2. The van der Waals surface area contributed by atoms with Gasteiger partial charge in [0.25, 0.3) is 10.0 Å². The number of nitrogens with zero attached hydrogens (tertiary/aromatic N) is 1. The van der Waals surface area contributed by atoms with Gasteiger partial charge in [0.15, 0.2) is 5.75 Å². The number of aryl methyl sites for hydroxylation is 1. The number of pyridine rings is 1. The number of rotatable bonds is 4. The normalized spacial score (nSPS) is 11.7. The van der Waals surface area contributed by atoms with E-state index in [1.54, 1.807) is 39.0 Å². The summed E-state index contributed by atoms with van der Waals surface area (Å²) in [5.41, 5.74) is 0.397. The molecule has 0 unspecified atom stereocenters. The largest absolute Gasteiger partial charge is 0.456 e. The highest BCUT2D eigenvalue weighted by Gasteiger charge is 2.25. The predicted octanol–water partition coefficient (Wildman–Crippen LogP) is 2.97. The molecule has 1 aromatic carbocycles. The SMILES string of the molecule is Cc1cccc(Oc2ccncc2S(=O)(=O)NC(=O)NC(C)(C)C)c1. The lowest BCUT2D eigenvalue weighted by molar-refractivity contribution is 0.237. The Morgan fingerprint density at radius 3 is 2.56 bits per heavy atom. The van der Waals surface area contributed by atoms with Crippen molar-refractivity contribution in [1.29, 1.82) is 0 Å². The minimum atomic E-state index is -4.14. The van der Waals surface area contributed by atoms with Gasteiger partial charge in [0.05, 0.1) is 6.20 Å². The second-order valence-corrected chi connectivity index (χ2v) is 8.20. The molecule has 0 saturated carbocycles. The van der Waals surface area contributed by atoms with Crippen LogP contribution in [0.2, 0.25) is 0 Å². The number of carbonyl (C=O) groups excluding carboxylic acids is 1. The monoisotopic (exact) mass is 363 g/mol. The third kappa shape index (κ3) is 5.46. The Kier molecular flexibility index (Phi) is 5.32. The standard InChI is InChI=1S/C17H21N3O4S/c1-12-6-5-7-13(10-12)24-14-8-9-18-11-15(14)25(22,23)20-16(21)19-17(2,3)4/h5-11H,1-4H3,(H2,19,20,21). The first kappa shape index (κ1) is 18.7. The Bertz CT molecular complexity index is 873. The molecule has 0 bridgehead atoms. The van der Waals surface area contributed by atoms with Crippen molar-refractivity contribution in [3.8, 4) is 11.5 Å². The smallest absolute Gasteiger partial charge is 0.329 e. The molecule has 134 valence electrons. The van der Waals surface area contributed by atoms with Crippen LogP contribution in [-0.2, 0) is 10.0 Å². The van der Waals surface area contributed by atoms with Gasteiger partial charge in [-0.15, -0.1) is 0 Å². The first-order chi connectivity index (χ1) is 11.6. The lowest BCUT2D eigenvalue weighted by atomic mass is 10.1. The Labute approximate surface area is 147 Å². The summed E-state index contributed by atoms with van der Waals surface area (Å²) >= 11 is 0. The summed E-state index contributed by atoms with van der Waals surface area (Å²) in [7, 11) is -4.14. The van der Waals surface area contributed by atoms with Crippen molar-refractivity contribution in [1.82, 2.24) is 15.0 Å². The van der Waals surface area contributed by atoms with Crippen LogP contribution in [0.5, 0.6) is 11.5 Å². The highest BCUT2D eigenvalue weighted by atomic mass is 32.2. The fourth-order valence-electron chi connectivity index (χ4n) is 2.00. The topological polar surface area (TPSA) is 97.4 Å². The molecule has 7 nitrogen and oxygen atoms in total. The van der Waals surface area contributed by atoms with Crippen molar-refractivity contribution in [3.05, 3.63) is 48.3 Å². The average Bonchev–Trinajstić information content (AvgIpc) is 2.45. The second kappa shape index (κ2) is 7.10. The highest BCUT2D eigenvalue weighted by Crippen LogP contribution is 2.28. The van der Waals surface area contributed by atoms with Crippen LogP contribution in [0.3, 0.4) is 0 Å². The maximum absolute atomic E-state index is 12.5. The van der Waals surface area contributed by atoms with E-state index in [4.69, 9.17) is 4.74 Å². The molecule has 2 N–H and O–H groups in total. The zero-order valence-corrected chi connectivity index (χ0v) is 15.3. The van der Waals surface area contributed by atoms with E-state index in [0.29, 0.717) is 5.75 Å². The van der Waals surface area contributed by atoms with Crippen LogP contribution >= 0.6 is 0 Å². The summed E-state index contributed by atoms with van der Waals surface area (Å²) in [6.45, 7) is 7.14. The molecular weight excluding hydrogens is 342 g/mol. The zero-order chi connectivity index (χ0) is 18.7. The number of carbonyl (C=O) groups is 1. The fourth-order valence-corrected chi connectivity index (χ4v) is 2.98. The summed E-state index contributed by atoms with van der Waals surface area (Å²) < 4.78 is 32.7. The van der Waals surface area contributed by atoms with Gasteiger partial charge in [0, 0.05) is 17.8 Å². The lowest BCUT2D eigenvalue weighted by Gasteiger charge is -2.21. The molecule has 0 saturated heterocycles. The fraction of sp³-hybridized carbons (Fsp3) is 0.294. The third-order valence-corrected chi connectivity index (χ3v) is 4.31. The van der Waals surface area contributed by atoms with Gasteiger partial charge in [0.2, 0.25) is 0 Å². The van der Waals surface area contributed by atoms with E-state index < -0.39 is 21.6 Å². The summed E-state index contributed by atoms with van der Waals surface area (Å²) in [6.07, 6.45) is 2.55. The number of nitrogens with one attached hydrogen (secondary N) is 2. The molecule has 25 heavy (non-hydrogen) atoms. The van der Waals surface area contributed by atoms with Crippen molar-refractivity contribution in [2.45, 2.75) is 38.1 Å². The van der Waals surface area contributed by atoms with Crippen LogP contribution in [0.15, 0.2) is 47.6 Å². The summed E-state index contributed by atoms with van der Waals surface area (Å²) in [5.74, 6) is 0.568. The van der Waals surface area contributed by atoms with Crippen LogP contribution in [-0.4, -0.2) is 25.0 Å². The summed E-state index contributed by atoms with van der Waals surface area (Å²) in [4.78, 5) is 15.5. The predicted molar refractivity (Wildman–Crippen MR) is 94.1 cm³/mol. The molecule has 0 aliphatic rings. The van der Waals surface area contributed by atoms with Gasteiger partial charge in [-0.1, -0.05) is 12.1 Å². The lowest BCUT2D eigenvalue weighted by Crippen LogP contribution is -2.48. The number of hydrogen-bond acceptors (Lipinski definition) is 5. The first-order valence-corrected chi connectivity index (χ1v) is 9.09. The molecule has 8 heteroatoms. The van der Waals surface area contributed by atoms with E-state index >= 15 is 0 Å². The van der Waals surface area contributed by atoms with Gasteiger partial charge in [-0.25, -0.2) is 17.9 Å². The van der Waals surface area contributed by atoms with Gasteiger partial charge < -0.3 is 10.1 Å². The van der Waals surface area contributed by atoms with Crippen molar-refractivity contribution in [2.24, 2.45) is 0 Å². The maximum Gasteiger partial charge on any atom is 0.329 e. The van der Waals surface area contributed by atoms with Crippen LogP contribution in [0.25, 0.3) is 0 Å². The Morgan fingerprint density at radius 2 is 1.92 bits per heavy atom. The zero-order valence-electron chi connectivity index (χ0n) is 14.5. The number of aromatic nitrogens is 1. The van der Waals surface area contributed by atoms with Gasteiger partial charge in [-0.05, 0) is 45.4 Å². The summed E-state index contributed by atoms with van der Waals surface area (Å²) in [6, 6.07) is 7.79. The molecule has 2 aromatic rings. The van der Waals surface area contributed by atoms with Gasteiger partial charge in [-0.3, -0.25) is 4.98 Å². The minimum Gasteiger partial charge on any atom is -0.456 e. The van der Waals surface area contributed by atoms with Crippen LogP contribution in [0.4, 0.5) is 4.79 Å². The second-order valence-electron chi connectivity index (χ2n) is 6.55. The Hall–Kier alpha value is -2.61. The van der Waals surface area contributed by atoms with Crippen molar-refractivity contribution in [3.63, 3.8) is 0 Å². The number of sulfonamides is 1. The molecule has 0 spiro atoms. The molecule has 2 rings (SSSR count). The maximum atomic E-state index is 12.5. The highest BCUT2D eigenvalue weighted by molar-refractivity contribution is 7.90. The van der Waals surface area contributed by atoms with Gasteiger partial charge >= 0.3 is 6.03 Å². The average molecular weight is 363 g/mol. The van der Waals surface area contributed by atoms with E-state index in [-0.39, 0.29) is 10.6 Å². The summed E-state index contributed by atoms with van der Waals surface area (Å²) in [5, 5.41) is 2.53. The van der Waals surface area contributed by atoms with Crippen LogP contribution in [0.1, 0.15) is 26.3 Å². The molecule has 0 atom stereocenters. The molecular formula is C17H21N3O4S. The number of amides is 2. The first-order valence-electron chi connectivity index (χ1n) is 7.60. The molecule has 1 aromatic heterocycles. The quantitative estimate of drug-likeness (QED) is 0.870. The van der Waals surface area contributed by atoms with Crippen molar-refractivity contribution < 1.29 is 17.9 Å². The molecule has 1 heterocycles.